The van der Waals surface area contributed by atoms with Crippen LogP contribution in [-0.4, -0.2) is 12.5 Å². The van der Waals surface area contributed by atoms with Crippen molar-refractivity contribution in [1.29, 1.82) is 0 Å². The number of carbonyl (C=O) groups excluding carboxylic acids is 1. The molecule has 0 saturated heterocycles. The molecule has 0 unspecified atom stereocenters. The van der Waals surface area contributed by atoms with Gasteiger partial charge in [-0.05, 0) is 53.0 Å². The van der Waals surface area contributed by atoms with Gasteiger partial charge in [-0.25, -0.2) is 0 Å². The number of rotatable bonds is 5. The number of carbonyl (C=O) groups is 1. The monoisotopic (exact) mass is 346 g/mol. The minimum Gasteiger partial charge on any atom is -0.384 e. The average molecular weight is 347 g/mol. The van der Waals surface area contributed by atoms with E-state index >= 15 is 0 Å². The minimum absolute atomic E-state index is 0.0203. The van der Waals surface area contributed by atoms with Gasteiger partial charge in [0.2, 0.25) is 5.91 Å². The molecule has 0 aliphatic rings. The maximum Gasteiger partial charge on any atom is 0.226 e. The molecule has 2 rings (SSSR count). The molecular weight excluding hydrogens is 328 g/mol. The molecule has 0 radical (unpaired) electrons. The first-order valence-electron chi connectivity index (χ1n) is 6.92. The molecule has 0 heterocycles. The molecule has 0 fully saturated rings. The fourth-order valence-corrected chi connectivity index (χ4v) is 2.55. The van der Waals surface area contributed by atoms with Crippen molar-refractivity contribution in [3.63, 3.8) is 0 Å². The van der Waals surface area contributed by atoms with Crippen molar-refractivity contribution in [2.45, 2.75) is 20.3 Å². The van der Waals surface area contributed by atoms with Gasteiger partial charge in [0.05, 0.1) is 0 Å². The molecule has 3 nitrogen and oxygen atoms in total. The van der Waals surface area contributed by atoms with Gasteiger partial charge in [-0.15, -0.1) is 0 Å². The van der Waals surface area contributed by atoms with E-state index in [-0.39, 0.29) is 5.91 Å². The number of benzene rings is 2. The van der Waals surface area contributed by atoms with E-state index in [1.165, 1.54) is 0 Å². The number of halogens is 1. The van der Waals surface area contributed by atoms with E-state index in [1.54, 1.807) is 0 Å². The Morgan fingerprint density at radius 2 is 1.71 bits per heavy atom. The van der Waals surface area contributed by atoms with Crippen LogP contribution in [0.4, 0.5) is 11.4 Å². The van der Waals surface area contributed by atoms with Crippen LogP contribution in [0.1, 0.15) is 17.5 Å². The van der Waals surface area contributed by atoms with Crippen molar-refractivity contribution in [1.82, 2.24) is 0 Å². The van der Waals surface area contributed by atoms with Crippen molar-refractivity contribution in [2.24, 2.45) is 0 Å². The summed E-state index contributed by atoms with van der Waals surface area (Å²) < 4.78 is 1.00. The van der Waals surface area contributed by atoms with E-state index in [0.717, 1.165) is 27.0 Å². The highest BCUT2D eigenvalue weighted by molar-refractivity contribution is 9.10. The van der Waals surface area contributed by atoms with Gasteiger partial charge in [0.1, 0.15) is 0 Å². The molecule has 0 saturated carbocycles. The summed E-state index contributed by atoms with van der Waals surface area (Å²) in [6, 6.07) is 13.9. The first kappa shape index (κ1) is 15.6. The van der Waals surface area contributed by atoms with Gasteiger partial charge in [0.15, 0.2) is 0 Å². The Bertz CT molecular complexity index is 620. The molecule has 0 bridgehead atoms. The summed E-state index contributed by atoms with van der Waals surface area (Å²) >= 11 is 3.47. The smallest absolute Gasteiger partial charge is 0.226 e. The van der Waals surface area contributed by atoms with E-state index in [9.17, 15) is 4.79 Å². The van der Waals surface area contributed by atoms with Crippen LogP contribution in [-0.2, 0) is 4.79 Å². The molecule has 0 aromatic heterocycles. The highest BCUT2D eigenvalue weighted by atomic mass is 79.9. The largest absolute Gasteiger partial charge is 0.384 e. The molecule has 1 amide bonds. The Morgan fingerprint density at radius 1 is 1.05 bits per heavy atom. The molecule has 0 aliphatic heterocycles. The Kier molecular flexibility index (Phi) is 5.39. The zero-order valence-corrected chi connectivity index (χ0v) is 13.8. The Morgan fingerprint density at radius 3 is 2.38 bits per heavy atom. The third kappa shape index (κ3) is 4.33. The third-order valence-corrected chi connectivity index (χ3v) is 3.98. The van der Waals surface area contributed by atoms with E-state index in [4.69, 9.17) is 0 Å². The summed E-state index contributed by atoms with van der Waals surface area (Å²) in [7, 11) is 0. The molecule has 110 valence electrons. The van der Waals surface area contributed by atoms with Gasteiger partial charge in [0.25, 0.3) is 0 Å². The third-order valence-electron chi connectivity index (χ3n) is 3.29. The molecule has 0 atom stereocenters. The molecule has 2 N–H and O–H groups in total. The van der Waals surface area contributed by atoms with Crippen molar-refractivity contribution >= 4 is 33.2 Å². The van der Waals surface area contributed by atoms with Crippen LogP contribution in [0, 0.1) is 13.8 Å². The molecule has 0 aliphatic carbocycles. The van der Waals surface area contributed by atoms with Crippen LogP contribution >= 0.6 is 15.9 Å². The highest BCUT2D eigenvalue weighted by Gasteiger charge is 2.07. The predicted molar refractivity (Wildman–Crippen MR) is 91.8 cm³/mol. The van der Waals surface area contributed by atoms with E-state index < -0.39 is 0 Å². The Labute approximate surface area is 133 Å². The molecule has 21 heavy (non-hydrogen) atoms. The summed E-state index contributed by atoms with van der Waals surface area (Å²) in [4.78, 5) is 12.0. The zero-order valence-electron chi connectivity index (χ0n) is 12.2. The van der Waals surface area contributed by atoms with Crippen LogP contribution in [0.15, 0.2) is 46.9 Å². The fourth-order valence-electron chi connectivity index (χ4n) is 2.13. The second-order valence-corrected chi connectivity index (χ2v) is 5.83. The lowest BCUT2D eigenvalue weighted by molar-refractivity contribution is -0.115. The lowest BCUT2D eigenvalue weighted by atomic mass is 10.1. The van der Waals surface area contributed by atoms with E-state index in [1.807, 2.05) is 56.3 Å². The number of amides is 1. The van der Waals surface area contributed by atoms with Crippen molar-refractivity contribution < 1.29 is 4.79 Å². The first-order chi connectivity index (χ1) is 10.1. The minimum atomic E-state index is 0.0203. The first-order valence-corrected chi connectivity index (χ1v) is 7.71. The number of para-hydroxylation sites is 2. The SMILES string of the molecule is Cc1cccc(C)c1NC(=O)CCNc1ccccc1Br. The number of nitrogens with one attached hydrogen (secondary N) is 2. The van der Waals surface area contributed by atoms with Crippen molar-refractivity contribution in [2.75, 3.05) is 17.2 Å². The molecule has 4 heteroatoms. The van der Waals surface area contributed by atoms with Gasteiger partial charge in [-0.1, -0.05) is 30.3 Å². The highest BCUT2D eigenvalue weighted by Crippen LogP contribution is 2.21. The number of hydrogen-bond acceptors (Lipinski definition) is 2. The predicted octanol–water partition coefficient (Wildman–Crippen LogP) is 4.51. The van der Waals surface area contributed by atoms with Crippen LogP contribution in [0.25, 0.3) is 0 Å². The molecule has 0 spiro atoms. The number of anilines is 2. The normalized spacial score (nSPS) is 10.2. The van der Waals surface area contributed by atoms with Gasteiger partial charge >= 0.3 is 0 Å². The zero-order chi connectivity index (χ0) is 15.2. The van der Waals surface area contributed by atoms with Crippen LogP contribution in [0.3, 0.4) is 0 Å². The van der Waals surface area contributed by atoms with Crippen LogP contribution in [0.2, 0.25) is 0 Å². The van der Waals surface area contributed by atoms with Crippen LogP contribution < -0.4 is 10.6 Å². The number of hydrogen-bond donors (Lipinski definition) is 2. The summed E-state index contributed by atoms with van der Waals surface area (Å²) in [5, 5.41) is 6.24. The van der Waals surface area contributed by atoms with Gasteiger partial charge < -0.3 is 10.6 Å². The molecular formula is C17H19BrN2O. The second-order valence-electron chi connectivity index (χ2n) is 4.97. The Hall–Kier alpha value is -1.81. The van der Waals surface area contributed by atoms with Gasteiger partial charge in [0, 0.05) is 28.8 Å². The average Bonchev–Trinajstić information content (AvgIpc) is 2.45. The van der Waals surface area contributed by atoms with E-state index in [2.05, 4.69) is 26.6 Å². The van der Waals surface area contributed by atoms with Gasteiger partial charge in [-0.2, -0.15) is 0 Å². The van der Waals surface area contributed by atoms with Crippen LogP contribution in [0.5, 0.6) is 0 Å². The van der Waals surface area contributed by atoms with E-state index in [0.29, 0.717) is 13.0 Å². The summed E-state index contributed by atoms with van der Waals surface area (Å²) in [5.74, 6) is 0.0203. The Balaban J connectivity index is 1.87. The maximum absolute atomic E-state index is 12.0. The summed E-state index contributed by atoms with van der Waals surface area (Å²) in [5.41, 5.74) is 4.09. The lowest BCUT2D eigenvalue weighted by Crippen LogP contribution is -2.17. The lowest BCUT2D eigenvalue weighted by Gasteiger charge is -2.12. The quantitative estimate of drug-likeness (QED) is 0.836. The maximum atomic E-state index is 12.0. The second kappa shape index (κ2) is 7.27. The van der Waals surface area contributed by atoms with Crippen molar-refractivity contribution in [3.8, 4) is 0 Å². The van der Waals surface area contributed by atoms with Gasteiger partial charge in [-0.3, -0.25) is 4.79 Å². The van der Waals surface area contributed by atoms with Crippen molar-refractivity contribution in [3.05, 3.63) is 58.1 Å². The fraction of sp³-hybridized carbons (Fsp3) is 0.235. The summed E-state index contributed by atoms with van der Waals surface area (Å²) in [6.45, 7) is 4.60. The molecule has 2 aromatic rings. The summed E-state index contributed by atoms with van der Waals surface area (Å²) in [6.07, 6.45) is 0.426. The topological polar surface area (TPSA) is 41.1 Å². The molecule has 2 aromatic carbocycles. The standard InChI is InChI=1S/C17H19BrN2O/c1-12-6-5-7-13(2)17(12)20-16(21)10-11-19-15-9-4-3-8-14(15)18/h3-9,19H,10-11H2,1-2H3,(H,20,21). The number of aryl methyl sites for hydroxylation is 2.